The Hall–Kier alpha value is -1.20. The summed E-state index contributed by atoms with van der Waals surface area (Å²) in [5.41, 5.74) is 0. The van der Waals surface area contributed by atoms with Gasteiger partial charge in [-0.25, -0.2) is 0 Å². The van der Waals surface area contributed by atoms with Crippen molar-refractivity contribution in [2.75, 3.05) is 6.54 Å². The van der Waals surface area contributed by atoms with E-state index in [0.29, 0.717) is 6.54 Å². The molecule has 0 atom stereocenters. The van der Waals surface area contributed by atoms with Crippen molar-refractivity contribution in [1.82, 2.24) is 0 Å². The molecule has 0 aromatic heterocycles. The Kier molecular flexibility index (Phi) is 3.26. The van der Waals surface area contributed by atoms with Crippen LogP contribution in [0.1, 0.15) is 6.42 Å². The molecule has 0 aromatic rings. The van der Waals surface area contributed by atoms with Crippen LogP contribution < -0.4 is 0 Å². The van der Waals surface area contributed by atoms with Gasteiger partial charge in [0.15, 0.2) is 0 Å². The molecule has 0 saturated heterocycles. The van der Waals surface area contributed by atoms with Crippen molar-refractivity contribution in [3.8, 4) is 0 Å². The average Bonchev–Trinajstić information content (AvgIpc) is 1.63. The summed E-state index contributed by atoms with van der Waals surface area (Å²) in [5, 5.41) is 19.1. The van der Waals surface area contributed by atoms with Gasteiger partial charge in [-0.3, -0.25) is 20.2 Å². The second kappa shape index (κ2) is 3.76. The lowest BCUT2D eigenvalue weighted by atomic mass is 10.4. The largest absolute Gasteiger partial charge is 0.285 e. The first kappa shape index (κ1) is 7.80. The molecule has 0 fully saturated rings. The zero-order chi connectivity index (χ0) is 7.28. The third-order valence-electron chi connectivity index (χ3n) is 0.590. The van der Waals surface area contributed by atoms with Crippen LogP contribution in [0.15, 0.2) is 0 Å². The SMILES string of the molecule is O=[N+]([O-])[CH]CC[N+](=O)[O-]. The maximum absolute atomic E-state index is 9.54. The molecule has 0 aromatic carbocycles. The van der Waals surface area contributed by atoms with Crippen molar-refractivity contribution < 1.29 is 9.85 Å². The fourth-order valence-corrected chi connectivity index (χ4v) is 0.269. The van der Waals surface area contributed by atoms with Gasteiger partial charge in [0.2, 0.25) is 6.54 Å². The molecule has 0 N–H and O–H groups in total. The van der Waals surface area contributed by atoms with E-state index in [1.54, 1.807) is 0 Å². The zero-order valence-corrected chi connectivity index (χ0v) is 4.52. The molecule has 0 heterocycles. The van der Waals surface area contributed by atoms with Crippen LogP contribution in [0, 0.1) is 26.8 Å². The highest BCUT2D eigenvalue weighted by atomic mass is 16.6. The van der Waals surface area contributed by atoms with E-state index in [9.17, 15) is 20.2 Å². The van der Waals surface area contributed by atoms with Crippen LogP contribution in [0.5, 0.6) is 0 Å². The van der Waals surface area contributed by atoms with Crippen LogP contribution in [0.25, 0.3) is 0 Å². The van der Waals surface area contributed by atoms with Crippen LogP contribution in [-0.2, 0) is 0 Å². The summed E-state index contributed by atoms with van der Waals surface area (Å²) in [5.74, 6) is 0. The van der Waals surface area contributed by atoms with E-state index in [-0.39, 0.29) is 13.0 Å². The van der Waals surface area contributed by atoms with Gasteiger partial charge in [0.1, 0.15) is 0 Å². The number of nitrogens with zero attached hydrogens (tertiary/aromatic N) is 2. The third-order valence-corrected chi connectivity index (χ3v) is 0.590. The first-order valence-electron chi connectivity index (χ1n) is 2.21. The molecule has 0 rings (SSSR count). The molecule has 9 heavy (non-hydrogen) atoms. The number of hydrogen-bond donors (Lipinski definition) is 0. The van der Waals surface area contributed by atoms with Crippen LogP contribution in [0.2, 0.25) is 0 Å². The Morgan fingerprint density at radius 2 is 1.89 bits per heavy atom. The van der Waals surface area contributed by atoms with Gasteiger partial charge >= 0.3 is 0 Å². The van der Waals surface area contributed by atoms with Crippen LogP contribution in [0.3, 0.4) is 0 Å². The summed E-state index contributed by atoms with van der Waals surface area (Å²) < 4.78 is 0. The van der Waals surface area contributed by atoms with Crippen molar-refractivity contribution in [1.29, 1.82) is 0 Å². The van der Waals surface area contributed by atoms with Crippen molar-refractivity contribution in [2.24, 2.45) is 0 Å². The second-order valence-electron chi connectivity index (χ2n) is 1.31. The summed E-state index contributed by atoms with van der Waals surface area (Å²) in [6.45, 7) is 0.295. The molecular weight excluding hydrogens is 128 g/mol. The molecule has 6 heteroatoms. The van der Waals surface area contributed by atoms with E-state index in [0.717, 1.165) is 0 Å². The second-order valence-corrected chi connectivity index (χ2v) is 1.31. The molecule has 0 unspecified atom stereocenters. The van der Waals surface area contributed by atoms with Gasteiger partial charge in [-0.05, 0) is 0 Å². The maximum Gasteiger partial charge on any atom is 0.285 e. The summed E-state index contributed by atoms with van der Waals surface area (Å²) in [6.07, 6.45) is -0.111. The minimum atomic E-state index is -0.691. The van der Waals surface area contributed by atoms with Gasteiger partial charge in [0.25, 0.3) is 6.54 Å². The Morgan fingerprint density at radius 1 is 1.33 bits per heavy atom. The van der Waals surface area contributed by atoms with E-state index in [4.69, 9.17) is 0 Å². The van der Waals surface area contributed by atoms with Crippen LogP contribution >= 0.6 is 0 Å². The van der Waals surface area contributed by atoms with Gasteiger partial charge in [-0.15, -0.1) is 0 Å². The van der Waals surface area contributed by atoms with Crippen molar-refractivity contribution in [2.45, 2.75) is 6.42 Å². The van der Waals surface area contributed by atoms with E-state index < -0.39 is 9.85 Å². The molecule has 0 aliphatic heterocycles. The summed E-state index contributed by atoms with van der Waals surface area (Å²) >= 11 is 0. The van der Waals surface area contributed by atoms with Crippen molar-refractivity contribution >= 4 is 0 Å². The topological polar surface area (TPSA) is 86.3 Å². The minimum Gasteiger partial charge on any atom is -0.265 e. The maximum atomic E-state index is 9.54. The van der Waals surface area contributed by atoms with Gasteiger partial charge < -0.3 is 0 Å². The average molecular weight is 133 g/mol. The molecular formula is C3H5N2O4. The first-order chi connectivity index (χ1) is 4.13. The Balaban J connectivity index is 3.10. The molecule has 0 saturated carbocycles. The fraction of sp³-hybridized carbons (Fsp3) is 0.667. The Morgan fingerprint density at radius 3 is 2.22 bits per heavy atom. The van der Waals surface area contributed by atoms with Crippen molar-refractivity contribution in [3.63, 3.8) is 0 Å². The predicted molar refractivity (Wildman–Crippen MR) is 27.8 cm³/mol. The smallest absolute Gasteiger partial charge is 0.265 e. The summed E-state index contributed by atoms with van der Waals surface area (Å²) in [6, 6.07) is 0. The lowest BCUT2D eigenvalue weighted by Gasteiger charge is -1.85. The Bertz CT molecular complexity index is 109. The van der Waals surface area contributed by atoms with E-state index in [1.165, 1.54) is 0 Å². The normalized spacial score (nSPS) is 8.89. The molecule has 0 amide bonds. The minimum absolute atomic E-state index is 0.111. The quantitative estimate of drug-likeness (QED) is 0.401. The number of rotatable bonds is 4. The highest BCUT2D eigenvalue weighted by molar-refractivity contribution is 4.45. The number of nitro groups is 2. The van der Waals surface area contributed by atoms with E-state index in [2.05, 4.69) is 0 Å². The van der Waals surface area contributed by atoms with Crippen molar-refractivity contribution in [3.05, 3.63) is 26.8 Å². The molecule has 0 aliphatic carbocycles. The first-order valence-corrected chi connectivity index (χ1v) is 2.21. The lowest BCUT2D eigenvalue weighted by Crippen LogP contribution is -2.03. The molecule has 0 bridgehead atoms. The summed E-state index contributed by atoms with van der Waals surface area (Å²) in [4.78, 5) is 17.8. The Labute approximate surface area is 50.8 Å². The van der Waals surface area contributed by atoms with Crippen LogP contribution in [-0.4, -0.2) is 16.4 Å². The van der Waals surface area contributed by atoms with Gasteiger partial charge in [0, 0.05) is 9.85 Å². The van der Waals surface area contributed by atoms with Gasteiger partial charge in [0.05, 0.1) is 6.42 Å². The van der Waals surface area contributed by atoms with Gasteiger partial charge in [-0.2, -0.15) is 0 Å². The fourth-order valence-electron chi connectivity index (χ4n) is 0.269. The predicted octanol–water partition coefficient (Wildman–Crippen LogP) is 0.0917. The highest BCUT2D eigenvalue weighted by Crippen LogP contribution is 1.86. The van der Waals surface area contributed by atoms with Gasteiger partial charge in [-0.1, -0.05) is 0 Å². The lowest BCUT2D eigenvalue weighted by molar-refractivity contribution is -0.492. The van der Waals surface area contributed by atoms with Crippen LogP contribution in [0.4, 0.5) is 0 Å². The summed E-state index contributed by atoms with van der Waals surface area (Å²) in [7, 11) is 0. The van der Waals surface area contributed by atoms with E-state index >= 15 is 0 Å². The molecule has 0 aliphatic rings. The highest BCUT2D eigenvalue weighted by Gasteiger charge is 2.03. The third kappa shape index (κ3) is 6.80. The molecule has 6 nitrogen and oxygen atoms in total. The molecule has 0 spiro atoms. The van der Waals surface area contributed by atoms with E-state index in [1.807, 2.05) is 0 Å². The number of hydrogen-bond acceptors (Lipinski definition) is 4. The zero-order valence-electron chi connectivity index (χ0n) is 4.52. The molecule has 1 radical (unpaired) electrons. The molecule has 51 valence electrons. The monoisotopic (exact) mass is 133 g/mol. The standard InChI is InChI=1S/C3H5N2O4/c6-4(7)2-1-3-5(8)9/h2H,1,3H2.